The third kappa shape index (κ3) is 3.37. The Kier molecular flexibility index (Phi) is 5.48. The Labute approximate surface area is 178 Å². The number of halogens is 1. The van der Waals surface area contributed by atoms with Crippen molar-refractivity contribution in [1.29, 1.82) is 0 Å². The predicted octanol–water partition coefficient (Wildman–Crippen LogP) is 2.38. The van der Waals surface area contributed by atoms with E-state index in [4.69, 9.17) is 0 Å². The first-order valence-corrected chi connectivity index (χ1v) is 12.3. The molecule has 1 aromatic rings. The van der Waals surface area contributed by atoms with Crippen molar-refractivity contribution < 1.29 is 17.6 Å². The summed E-state index contributed by atoms with van der Waals surface area (Å²) >= 11 is 0. The Bertz CT molecular complexity index is 941. The number of hydrogen-bond donors (Lipinski definition) is 1. The molecule has 1 unspecified atom stereocenters. The molecular weight excluding hydrogens is 405 g/mol. The SMILES string of the molecule is Cc1ccc(S(=O)(=O)N2CCC3(CC2)CN(CC(C)C)CC32CCNC2=O)cc1F. The normalized spacial score (nSPS) is 27.4. The molecule has 1 N–H and O–H groups in total. The molecule has 1 atom stereocenters. The van der Waals surface area contributed by atoms with Crippen LogP contribution in [0.25, 0.3) is 0 Å². The minimum Gasteiger partial charge on any atom is -0.356 e. The summed E-state index contributed by atoms with van der Waals surface area (Å²) in [7, 11) is -3.75. The van der Waals surface area contributed by atoms with Gasteiger partial charge < -0.3 is 10.2 Å². The van der Waals surface area contributed by atoms with Gasteiger partial charge in [0.05, 0.1) is 10.3 Å². The zero-order chi connectivity index (χ0) is 21.7. The molecule has 0 saturated carbocycles. The summed E-state index contributed by atoms with van der Waals surface area (Å²) in [5, 5.41) is 3.04. The van der Waals surface area contributed by atoms with Gasteiger partial charge in [0, 0.05) is 44.7 Å². The lowest BCUT2D eigenvalue weighted by atomic mass is 9.60. The van der Waals surface area contributed by atoms with Crippen LogP contribution < -0.4 is 5.32 Å². The number of carbonyl (C=O) groups is 1. The Morgan fingerprint density at radius 1 is 1.17 bits per heavy atom. The number of piperidine rings is 1. The molecule has 30 heavy (non-hydrogen) atoms. The highest BCUT2D eigenvalue weighted by Gasteiger charge is 2.63. The Morgan fingerprint density at radius 3 is 2.43 bits per heavy atom. The minimum absolute atomic E-state index is 0.00253. The second-order valence-corrected chi connectivity index (χ2v) is 11.7. The van der Waals surface area contributed by atoms with Gasteiger partial charge >= 0.3 is 0 Å². The lowest BCUT2D eigenvalue weighted by Gasteiger charge is -2.46. The van der Waals surface area contributed by atoms with Crippen LogP contribution in [-0.2, 0) is 14.8 Å². The fourth-order valence-electron chi connectivity index (χ4n) is 5.83. The van der Waals surface area contributed by atoms with Gasteiger partial charge in [0.2, 0.25) is 15.9 Å². The van der Waals surface area contributed by atoms with Crippen molar-refractivity contribution in [2.24, 2.45) is 16.7 Å². The van der Waals surface area contributed by atoms with E-state index in [1.807, 2.05) is 0 Å². The molecule has 0 radical (unpaired) electrons. The average molecular weight is 438 g/mol. The van der Waals surface area contributed by atoms with Crippen molar-refractivity contribution in [1.82, 2.24) is 14.5 Å². The van der Waals surface area contributed by atoms with Gasteiger partial charge in [-0.15, -0.1) is 0 Å². The highest BCUT2D eigenvalue weighted by atomic mass is 32.2. The number of carbonyl (C=O) groups excluding carboxylic acids is 1. The Morgan fingerprint density at radius 2 is 1.87 bits per heavy atom. The molecule has 0 aliphatic carbocycles. The first-order chi connectivity index (χ1) is 14.1. The maximum absolute atomic E-state index is 14.0. The molecule has 6 nitrogen and oxygen atoms in total. The van der Waals surface area contributed by atoms with E-state index in [2.05, 4.69) is 24.1 Å². The Hall–Kier alpha value is -1.51. The van der Waals surface area contributed by atoms with Crippen molar-refractivity contribution in [3.05, 3.63) is 29.6 Å². The van der Waals surface area contributed by atoms with E-state index in [-0.39, 0.29) is 16.2 Å². The molecule has 1 amide bonds. The average Bonchev–Trinajstić information content (AvgIpc) is 3.18. The summed E-state index contributed by atoms with van der Waals surface area (Å²) in [5.74, 6) is 0.135. The van der Waals surface area contributed by atoms with E-state index in [0.717, 1.165) is 32.1 Å². The summed E-state index contributed by atoms with van der Waals surface area (Å²) < 4.78 is 41.7. The molecule has 166 valence electrons. The molecule has 3 saturated heterocycles. The summed E-state index contributed by atoms with van der Waals surface area (Å²) in [5.41, 5.74) is -0.197. The molecule has 0 bridgehead atoms. The maximum Gasteiger partial charge on any atom is 0.243 e. The second-order valence-electron chi connectivity index (χ2n) is 9.75. The number of nitrogens with one attached hydrogen (secondary N) is 1. The number of likely N-dealkylation sites (tertiary alicyclic amines) is 1. The fraction of sp³-hybridized carbons (Fsp3) is 0.682. The standard InChI is InChI=1S/C22H32FN3O3S/c1-16(2)13-25-14-21(22(15-25)6-9-24-20(22)27)7-10-26(11-8-21)30(28,29)18-5-4-17(3)19(23)12-18/h4-5,12,16H,6-11,13-15H2,1-3H3,(H,24,27). The molecule has 0 aromatic heterocycles. The molecule has 3 aliphatic rings. The number of aryl methyl sites for hydroxylation is 1. The second kappa shape index (κ2) is 7.57. The molecule has 4 rings (SSSR count). The van der Waals surface area contributed by atoms with Crippen LogP contribution in [0.3, 0.4) is 0 Å². The first kappa shape index (κ1) is 21.7. The van der Waals surface area contributed by atoms with E-state index in [1.165, 1.54) is 16.4 Å². The molecule has 2 spiro atoms. The van der Waals surface area contributed by atoms with Crippen LogP contribution in [0.2, 0.25) is 0 Å². The quantitative estimate of drug-likeness (QED) is 0.785. The van der Waals surface area contributed by atoms with Crippen LogP contribution in [-0.4, -0.2) is 62.8 Å². The molecule has 3 fully saturated rings. The van der Waals surface area contributed by atoms with Gasteiger partial charge in [0.15, 0.2) is 0 Å². The lowest BCUT2D eigenvalue weighted by Crippen LogP contribution is -2.53. The van der Waals surface area contributed by atoms with Crippen molar-refractivity contribution in [2.45, 2.75) is 44.9 Å². The van der Waals surface area contributed by atoms with Gasteiger partial charge in [-0.25, -0.2) is 12.8 Å². The molecule has 8 heteroatoms. The number of sulfonamides is 1. The van der Waals surface area contributed by atoms with Crippen LogP contribution in [0.1, 0.15) is 38.7 Å². The number of nitrogens with zero attached hydrogens (tertiary/aromatic N) is 2. The van der Waals surface area contributed by atoms with Crippen LogP contribution in [0.4, 0.5) is 4.39 Å². The summed E-state index contributed by atoms with van der Waals surface area (Å²) in [6.45, 7) is 9.95. The van der Waals surface area contributed by atoms with Gasteiger partial charge in [-0.1, -0.05) is 19.9 Å². The summed E-state index contributed by atoms with van der Waals surface area (Å²) in [6, 6.07) is 4.09. The minimum atomic E-state index is -3.75. The fourth-order valence-corrected chi connectivity index (χ4v) is 7.29. The van der Waals surface area contributed by atoms with E-state index in [0.29, 0.717) is 44.0 Å². The Balaban J connectivity index is 1.57. The van der Waals surface area contributed by atoms with Crippen LogP contribution in [0.15, 0.2) is 23.1 Å². The van der Waals surface area contributed by atoms with Crippen molar-refractivity contribution in [3.8, 4) is 0 Å². The van der Waals surface area contributed by atoms with Gasteiger partial charge in [0.1, 0.15) is 5.82 Å². The number of rotatable bonds is 4. The van der Waals surface area contributed by atoms with E-state index >= 15 is 0 Å². The van der Waals surface area contributed by atoms with Crippen molar-refractivity contribution in [3.63, 3.8) is 0 Å². The molecular formula is C22H32FN3O3S. The molecule has 3 aliphatic heterocycles. The van der Waals surface area contributed by atoms with Gasteiger partial charge in [-0.05, 0) is 49.8 Å². The topological polar surface area (TPSA) is 69.7 Å². The van der Waals surface area contributed by atoms with E-state index in [9.17, 15) is 17.6 Å². The number of benzene rings is 1. The number of fused-ring (bicyclic) bond motifs is 1. The number of amides is 1. The van der Waals surface area contributed by atoms with Crippen LogP contribution in [0.5, 0.6) is 0 Å². The van der Waals surface area contributed by atoms with E-state index < -0.39 is 21.3 Å². The van der Waals surface area contributed by atoms with Crippen LogP contribution >= 0.6 is 0 Å². The lowest BCUT2D eigenvalue weighted by molar-refractivity contribution is -0.133. The third-order valence-electron chi connectivity index (χ3n) is 7.39. The van der Waals surface area contributed by atoms with Gasteiger partial charge in [-0.2, -0.15) is 4.31 Å². The zero-order valence-electron chi connectivity index (χ0n) is 18.1. The van der Waals surface area contributed by atoms with E-state index in [1.54, 1.807) is 6.92 Å². The zero-order valence-corrected chi connectivity index (χ0v) is 18.9. The van der Waals surface area contributed by atoms with Gasteiger partial charge in [-0.3, -0.25) is 4.79 Å². The highest BCUT2D eigenvalue weighted by Crippen LogP contribution is 2.56. The number of hydrogen-bond acceptors (Lipinski definition) is 4. The largest absolute Gasteiger partial charge is 0.356 e. The monoisotopic (exact) mass is 437 g/mol. The summed E-state index contributed by atoms with van der Waals surface area (Å²) in [6.07, 6.45) is 2.13. The molecule has 1 aromatic carbocycles. The first-order valence-electron chi connectivity index (χ1n) is 10.9. The van der Waals surface area contributed by atoms with Crippen molar-refractivity contribution >= 4 is 15.9 Å². The van der Waals surface area contributed by atoms with Crippen molar-refractivity contribution in [2.75, 3.05) is 39.3 Å². The molecule has 3 heterocycles. The third-order valence-corrected chi connectivity index (χ3v) is 9.29. The van der Waals surface area contributed by atoms with Crippen LogP contribution in [0, 0.1) is 29.5 Å². The highest BCUT2D eigenvalue weighted by molar-refractivity contribution is 7.89. The smallest absolute Gasteiger partial charge is 0.243 e. The maximum atomic E-state index is 14.0. The summed E-state index contributed by atoms with van der Waals surface area (Å²) in [4.78, 5) is 15.4. The predicted molar refractivity (Wildman–Crippen MR) is 113 cm³/mol. The van der Waals surface area contributed by atoms with Gasteiger partial charge in [0.25, 0.3) is 0 Å².